The van der Waals surface area contributed by atoms with Gasteiger partial charge in [0.1, 0.15) is 17.9 Å². The number of hydrogen-bond donors (Lipinski definition) is 1. The van der Waals surface area contributed by atoms with E-state index in [9.17, 15) is 9.59 Å². The molecule has 1 heterocycles. The topological polar surface area (TPSA) is 69.6 Å². The predicted molar refractivity (Wildman–Crippen MR) is 108 cm³/mol. The molecule has 0 radical (unpaired) electrons. The van der Waals surface area contributed by atoms with Crippen molar-refractivity contribution >= 4 is 11.6 Å². The summed E-state index contributed by atoms with van der Waals surface area (Å²) in [6.07, 6.45) is 1.48. The Balaban J connectivity index is 1.78. The van der Waals surface area contributed by atoms with Gasteiger partial charge in [-0.05, 0) is 54.8 Å². The minimum absolute atomic E-state index is 0.01000. The van der Waals surface area contributed by atoms with Crippen LogP contribution < -0.4 is 20.5 Å². The van der Waals surface area contributed by atoms with E-state index in [0.717, 1.165) is 21.4 Å². The zero-order valence-electron chi connectivity index (χ0n) is 16.1. The Kier molecular flexibility index (Phi) is 5.79. The summed E-state index contributed by atoms with van der Waals surface area (Å²) >= 11 is 0. The van der Waals surface area contributed by atoms with Gasteiger partial charge in [0.25, 0.3) is 11.5 Å². The number of amides is 1. The molecule has 0 aliphatic carbocycles. The number of ether oxygens (including phenoxy) is 1. The summed E-state index contributed by atoms with van der Waals surface area (Å²) in [6, 6.07) is 16.2. The van der Waals surface area contributed by atoms with E-state index in [1.807, 2.05) is 56.3 Å². The highest BCUT2D eigenvalue weighted by molar-refractivity contribution is 6.04. The summed E-state index contributed by atoms with van der Waals surface area (Å²) in [5.74, 6) is 0.233. The van der Waals surface area contributed by atoms with Crippen molar-refractivity contribution in [3.63, 3.8) is 0 Å². The van der Waals surface area contributed by atoms with Crippen LogP contribution in [0.25, 0.3) is 0 Å². The van der Waals surface area contributed by atoms with E-state index < -0.39 is 11.5 Å². The number of hydrogen-bond acceptors (Lipinski definition) is 4. The molecule has 6 nitrogen and oxygen atoms in total. The van der Waals surface area contributed by atoms with Gasteiger partial charge in [-0.2, -0.15) is 4.73 Å². The van der Waals surface area contributed by atoms with Crippen molar-refractivity contribution in [3.05, 3.63) is 93.4 Å². The molecule has 0 fully saturated rings. The van der Waals surface area contributed by atoms with Crippen molar-refractivity contribution in [2.75, 3.05) is 12.4 Å². The van der Waals surface area contributed by atoms with E-state index >= 15 is 0 Å². The van der Waals surface area contributed by atoms with Crippen LogP contribution in [0, 0.1) is 13.8 Å². The van der Waals surface area contributed by atoms with Crippen LogP contribution in [0.5, 0.6) is 5.75 Å². The fourth-order valence-corrected chi connectivity index (χ4v) is 2.85. The molecule has 0 aliphatic heterocycles. The molecular formula is C22H22N2O4. The fraction of sp³-hybridized carbons (Fsp3) is 0.182. The zero-order chi connectivity index (χ0) is 20.1. The summed E-state index contributed by atoms with van der Waals surface area (Å²) in [6.45, 7) is 3.98. The van der Waals surface area contributed by atoms with E-state index in [-0.39, 0.29) is 12.2 Å². The molecule has 6 heteroatoms. The zero-order valence-corrected chi connectivity index (χ0v) is 16.1. The standard InChI is InChI=1S/C22H22N2O4/c1-15-7-4-8-16(2)20(15)23-21(25)19-11-6-12-24(22(19)26)28-14-17-9-5-10-18(13-17)27-3/h4-13H,14H2,1-3H3,(H,23,25). The molecule has 3 aromatic rings. The molecule has 0 saturated carbocycles. The number of aromatic nitrogens is 1. The Morgan fingerprint density at radius 3 is 2.46 bits per heavy atom. The van der Waals surface area contributed by atoms with Crippen molar-refractivity contribution in [3.8, 4) is 5.75 Å². The number of carbonyl (C=O) groups excluding carboxylic acids is 1. The minimum Gasteiger partial charge on any atom is -0.497 e. The summed E-state index contributed by atoms with van der Waals surface area (Å²) in [5.41, 5.74) is 2.90. The highest BCUT2D eigenvalue weighted by Crippen LogP contribution is 2.20. The first kappa shape index (κ1) is 19.2. The molecular weight excluding hydrogens is 356 g/mol. The second-order valence-corrected chi connectivity index (χ2v) is 6.40. The Morgan fingerprint density at radius 1 is 1.04 bits per heavy atom. The van der Waals surface area contributed by atoms with Crippen LogP contribution in [0.4, 0.5) is 5.69 Å². The SMILES string of the molecule is COc1cccc(COn2cccc(C(=O)Nc3c(C)cccc3C)c2=O)c1. The first-order valence-electron chi connectivity index (χ1n) is 8.85. The Bertz CT molecular complexity index is 1040. The van der Waals surface area contributed by atoms with Crippen molar-refractivity contribution < 1.29 is 14.4 Å². The molecule has 1 N–H and O–H groups in total. The van der Waals surface area contributed by atoms with E-state index in [0.29, 0.717) is 11.4 Å². The number of pyridine rings is 1. The Morgan fingerprint density at radius 2 is 1.75 bits per heavy atom. The summed E-state index contributed by atoms with van der Waals surface area (Å²) in [5, 5.41) is 2.83. The third-order valence-corrected chi connectivity index (χ3v) is 4.38. The molecule has 1 aromatic heterocycles. The lowest BCUT2D eigenvalue weighted by atomic mass is 10.1. The van der Waals surface area contributed by atoms with E-state index in [2.05, 4.69) is 5.32 Å². The van der Waals surface area contributed by atoms with E-state index in [1.165, 1.54) is 12.3 Å². The van der Waals surface area contributed by atoms with E-state index in [4.69, 9.17) is 9.57 Å². The second-order valence-electron chi connectivity index (χ2n) is 6.40. The summed E-state index contributed by atoms with van der Waals surface area (Å²) < 4.78 is 6.25. The lowest BCUT2D eigenvalue weighted by molar-refractivity contribution is 0.0862. The van der Waals surface area contributed by atoms with Crippen LogP contribution in [0.3, 0.4) is 0 Å². The normalized spacial score (nSPS) is 10.4. The first-order chi connectivity index (χ1) is 13.5. The number of anilines is 1. The first-order valence-corrected chi connectivity index (χ1v) is 8.85. The molecule has 2 aromatic carbocycles. The second kappa shape index (κ2) is 8.43. The summed E-state index contributed by atoms with van der Waals surface area (Å²) in [4.78, 5) is 30.9. The number of carbonyl (C=O) groups is 1. The number of methoxy groups -OCH3 is 1. The van der Waals surface area contributed by atoms with Gasteiger partial charge in [0.2, 0.25) is 0 Å². The summed E-state index contributed by atoms with van der Waals surface area (Å²) in [7, 11) is 1.59. The lowest BCUT2D eigenvalue weighted by Crippen LogP contribution is -2.32. The van der Waals surface area contributed by atoms with Crippen molar-refractivity contribution in [2.45, 2.75) is 20.5 Å². The molecule has 28 heavy (non-hydrogen) atoms. The molecule has 0 spiro atoms. The maximum Gasteiger partial charge on any atom is 0.295 e. The number of benzene rings is 2. The van der Waals surface area contributed by atoms with Gasteiger partial charge in [0.05, 0.1) is 7.11 Å². The quantitative estimate of drug-likeness (QED) is 0.714. The number of nitrogens with zero attached hydrogens (tertiary/aromatic N) is 1. The maximum atomic E-state index is 12.7. The average molecular weight is 378 g/mol. The van der Waals surface area contributed by atoms with Gasteiger partial charge in [-0.15, -0.1) is 0 Å². The molecule has 3 rings (SSSR count). The highest BCUT2D eigenvalue weighted by Gasteiger charge is 2.15. The largest absolute Gasteiger partial charge is 0.497 e. The van der Waals surface area contributed by atoms with Crippen molar-refractivity contribution in [1.29, 1.82) is 0 Å². The average Bonchev–Trinajstić information content (AvgIpc) is 2.70. The predicted octanol–water partition coefficient (Wildman–Crippen LogP) is 3.35. The van der Waals surface area contributed by atoms with Gasteiger partial charge in [-0.3, -0.25) is 9.59 Å². The van der Waals surface area contributed by atoms with Gasteiger partial charge < -0.3 is 14.9 Å². The highest BCUT2D eigenvalue weighted by atomic mass is 16.7. The van der Waals surface area contributed by atoms with Crippen molar-refractivity contribution in [1.82, 2.24) is 4.73 Å². The monoisotopic (exact) mass is 378 g/mol. The van der Waals surface area contributed by atoms with Crippen LogP contribution in [0.2, 0.25) is 0 Å². The van der Waals surface area contributed by atoms with Gasteiger partial charge in [-0.1, -0.05) is 30.3 Å². The smallest absolute Gasteiger partial charge is 0.295 e. The van der Waals surface area contributed by atoms with Gasteiger partial charge in [0, 0.05) is 11.9 Å². The van der Waals surface area contributed by atoms with Crippen LogP contribution >= 0.6 is 0 Å². The Labute approximate surface area is 163 Å². The van der Waals surface area contributed by atoms with Crippen LogP contribution in [-0.2, 0) is 6.61 Å². The number of rotatable bonds is 6. The molecule has 0 aliphatic rings. The minimum atomic E-state index is -0.519. The van der Waals surface area contributed by atoms with Crippen LogP contribution in [0.1, 0.15) is 27.0 Å². The maximum absolute atomic E-state index is 12.7. The van der Waals surface area contributed by atoms with Gasteiger partial charge in [-0.25, -0.2) is 0 Å². The Hall–Kier alpha value is -3.54. The number of para-hydroxylation sites is 1. The van der Waals surface area contributed by atoms with Gasteiger partial charge in [0.15, 0.2) is 0 Å². The fourth-order valence-electron chi connectivity index (χ4n) is 2.85. The van der Waals surface area contributed by atoms with E-state index in [1.54, 1.807) is 13.2 Å². The molecule has 1 amide bonds. The van der Waals surface area contributed by atoms with Crippen LogP contribution in [-0.4, -0.2) is 17.7 Å². The molecule has 0 atom stereocenters. The third-order valence-electron chi connectivity index (χ3n) is 4.38. The molecule has 0 saturated heterocycles. The molecule has 0 bridgehead atoms. The van der Waals surface area contributed by atoms with Crippen molar-refractivity contribution in [2.24, 2.45) is 0 Å². The molecule has 0 unspecified atom stereocenters. The number of aryl methyl sites for hydroxylation is 2. The third kappa shape index (κ3) is 4.23. The molecule has 144 valence electrons. The van der Waals surface area contributed by atoms with Gasteiger partial charge >= 0.3 is 0 Å². The number of nitrogens with one attached hydrogen (secondary N) is 1. The van der Waals surface area contributed by atoms with Crippen LogP contribution in [0.15, 0.2) is 65.6 Å². The lowest BCUT2D eigenvalue weighted by Gasteiger charge is -2.13.